The second kappa shape index (κ2) is 3.71. The Hall–Kier alpha value is -0.860. The van der Waals surface area contributed by atoms with E-state index in [1.807, 2.05) is 0 Å². The molecule has 0 saturated carbocycles. The lowest BCUT2D eigenvalue weighted by atomic mass is 10.2. The lowest BCUT2D eigenvalue weighted by Crippen LogP contribution is -2.42. The molecule has 2 nitrogen and oxygen atoms in total. The molecule has 0 aromatic heterocycles. The summed E-state index contributed by atoms with van der Waals surface area (Å²) in [5.74, 6) is 0. The van der Waals surface area contributed by atoms with Gasteiger partial charge in [0.25, 0.3) is 0 Å². The Kier molecular flexibility index (Phi) is 2.57. The molecule has 0 radical (unpaired) electrons. The monoisotopic (exact) mass is 191 g/mol. The second-order valence-electron chi connectivity index (χ2n) is 4.72. The Morgan fingerprint density at radius 1 is 1.36 bits per heavy atom. The van der Waals surface area contributed by atoms with Crippen LogP contribution in [0.4, 0.5) is 0 Å². The molecule has 1 aromatic rings. The topological polar surface area (TPSA) is 26.0 Å². The highest BCUT2D eigenvalue weighted by Gasteiger charge is 2.32. The Bertz CT molecular complexity index is 296. The SMILES string of the molecule is C[N+]1(Cc2ccccc2)CC[C@H](N)C1. The highest BCUT2D eigenvalue weighted by molar-refractivity contribution is 5.13. The Morgan fingerprint density at radius 3 is 2.64 bits per heavy atom. The van der Waals surface area contributed by atoms with E-state index in [0.29, 0.717) is 6.04 Å². The number of quaternary nitrogens is 1. The van der Waals surface area contributed by atoms with Gasteiger partial charge in [0.05, 0.1) is 26.2 Å². The molecule has 1 aliphatic rings. The predicted octanol–water partition coefficient (Wildman–Crippen LogP) is 1.36. The van der Waals surface area contributed by atoms with Crippen molar-refractivity contribution < 1.29 is 4.48 Å². The van der Waals surface area contributed by atoms with E-state index in [2.05, 4.69) is 37.4 Å². The number of rotatable bonds is 2. The standard InChI is InChI=1S/C12H19N2/c1-14(8-7-12(13)10-14)9-11-5-3-2-4-6-11/h2-6,12H,7-10,13H2,1H3/q+1/t12-,14?/m0/s1. The quantitative estimate of drug-likeness (QED) is 0.702. The first-order valence-electron chi connectivity index (χ1n) is 5.31. The lowest BCUT2D eigenvalue weighted by Gasteiger charge is -2.29. The third-order valence-electron chi connectivity index (χ3n) is 3.12. The van der Waals surface area contributed by atoms with Gasteiger partial charge in [-0.15, -0.1) is 0 Å². The summed E-state index contributed by atoms with van der Waals surface area (Å²) in [5.41, 5.74) is 7.37. The van der Waals surface area contributed by atoms with Crippen LogP contribution in [0.1, 0.15) is 12.0 Å². The minimum atomic E-state index is 0.406. The van der Waals surface area contributed by atoms with Crippen LogP contribution in [0.2, 0.25) is 0 Å². The molecule has 1 unspecified atom stereocenters. The van der Waals surface area contributed by atoms with E-state index < -0.39 is 0 Å². The maximum absolute atomic E-state index is 5.95. The van der Waals surface area contributed by atoms with E-state index in [1.165, 1.54) is 18.5 Å². The number of nitrogens with zero attached hydrogens (tertiary/aromatic N) is 1. The molecule has 14 heavy (non-hydrogen) atoms. The van der Waals surface area contributed by atoms with Gasteiger partial charge < -0.3 is 10.2 Å². The molecule has 1 aliphatic heterocycles. The molecule has 2 heteroatoms. The molecule has 1 fully saturated rings. The molecule has 2 N–H and O–H groups in total. The van der Waals surface area contributed by atoms with Crippen molar-refractivity contribution in [1.82, 2.24) is 0 Å². The van der Waals surface area contributed by atoms with Gasteiger partial charge >= 0.3 is 0 Å². The van der Waals surface area contributed by atoms with E-state index in [9.17, 15) is 0 Å². The van der Waals surface area contributed by atoms with Gasteiger partial charge in [-0.2, -0.15) is 0 Å². The molecule has 2 atom stereocenters. The molecule has 76 valence electrons. The van der Waals surface area contributed by atoms with Crippen molar-refractivity contribution in [3.63, 3.8) is 0 Å². The van der Waals surface area contributed by atoms with Crippen LogP contribution in [0.3, 0.4) is 0 Å². The molecule has 1 aromatic carbocycles. The lowest BCUT2D eigenvalue weighted by molar-refractivity contribution is -0.911. The number of hydrogen-bond acceptors (Lipinski definition) is 1. The van der Waals surface area contributed by atoms with Crippen molar-refractivity contribution in [2.24, 2.45) is 5.73 Å². The zero-order valence-corrected chi connectivity index (χ0v) is 8.82. The minimum Gasteiger partial charge on any atom is -0.323 e. The van der Waals surface area contributed by atoms with Crippen LogP contribution in [-0.2, 0) is 6.54 Å². The molecule has 1 heterocycles. The third kappa shape index (κ3) is 2.14. The normalized spacial score (nSPS) is 32.0. The van der Waals surface area contributed by atoms with Crippen LogP contribution in [-0.4, -0.2) is 30.7 Å². The van der Waals surface area contributed by atoms with Gasteiger partial charge in [0.2, 0.25) is 0 Å². The Morgan fingerprint density at radius 2 is 2.07 bits per heavy atom. The molecular formula is C12H19N2+. The summed E-state index contributed by atoms with van der Waals surface area (Å²) in [4.78, 5) is 0. The van der Waals surface area contributed by atoms with E-state index in [4.69, 9.17) is 5.73 Å². The zero-order valence-electron chi connectivity index (χ0n) is 8.82. The fourth-order valence-electron chi connectivity index (χ4n) is 2.39. The van der Waals surface area contributed by atoms with Crippen molar-refractivity contribution in [3.8, 4) is 0 Å². The first kappa shape index (κ1) is 9.69. The van der Waals surface area contributed by atoms with Crippen molar-refractivity contribution in [2.45, 2.75) is 19.0 Å². The number of likely N-dealkylation sites (N-methyl/N-ethyl adjacent to an activating group) is 1. The van der Waals surface area contributed by atoms with Gasteiger partial charge in [-0.3, -0.25) is 0 Å². The van der Waals surface area contributed by atoms with Crippen molar-refractivity contribution >= 4 is 0 Å². The van der Waals surface area contributed by atoms with Gasteiger partial charge in [0, 0.05) is 12.0 Å². The van der Waals surface area contributed by atoms with Crippen LogP contribution in [0.5, 0.6) is 0 Å². The van der Waals surface area contributed by atoms with Crippen molar-refractivity contribution in [3.05, 3.63) is 35.9 Å². The molecule has 0 bridgehead atoms. The van der Waals surface area contributed by atoms with E-state index in [1.54, 1.807) is 0 Å². The minimum absolute atomic E-state index is 0.406. The fraction of sp³-hybridized carbons (Fsp3) is 0.500. The van der Waals surface area contributed by atoms with Crippen molar-refractivity contribution in [1.29, 1.82) is 0 Å². The van der Waals surface area contributed by atoms with Gasteiger partial charge in [-0.1, -0.05) is 30.3 Å². The highest BCUT2D eigenvalue weighted by Crippen LogP contribution is 2.19. The van der Waals surface area contributed by atoms with E-state index in [-0.39, 0.29) is 0 Å². The average molecular weight is 191 g/mol. The van der Waals surface area contributed by atoms with Crippen LogP contribution >= 0.6 is 0 Å². The van der Waals surface area contributed by atoms with Crippen LogP contribution in [0.15, 0.2) is 30.3 Å². The number of benzene rings is 1. The van der Waals surface area contributed by atoms with Gasteiger partial charge in [-0.25, -0.2) is 0 Å². The number of hydrogen-bond donors (Lipinski definition) is 1. The van der Waals surface area contributed by atoms with Crippen LogP contribution < -0.4 is 5.73 Å². The third-order valence-corrected chi connectivity index (χ3v) is 3.12. The summed E-state index contributed by atoms with van der Waals surface area (Å²) in [5, 5.41) is 0. The summed E-state index contributed by atoms with van der Waals surface area (Å²) in [7, 11) is 2.31. The van der Waals surface area contributed by atoms with Gasteiger partial charge in [0.15, 0.2) is 0 Å². The van der Waals surface area contributed by atoms with Gasteiger partial charge in [0.1, 0.15) is 6.54 Å². The fourth-order valence-corrected chi connectivity index (χ4v) is 2.39. The number of nitrogens with two attached hydrogens (primary N) is 1. The van der Waals surface area contributed by atoms with Crippen LogP contribution in [0, 0.1) is 0 Å². The first-order valence-corrected chi connectivity index (χ1v) is 5.31. The largest absolute Gasteiger partial charge is 0.323 e. The molecule has 1 saturated heterocycles. The molecule has 2 rings (SSSR count). The van der Waals surface area contributed by atoms with Crippen molar-refractivity contribution in [2.75, 3.05) is 20.1 Å². The molecule has 0 amide bonds. The smallest absolute Gasteiger partial charge is 0.104 e. The molecular weight excluding hydrogens is 172 g/mol. The summed E-state index contributed by atoms with van der Waals surface area (Å²) >= 11 is 0. The molecule has 0 spiro atoms. The summed E-state index contributed by atoms with van der Waals surface area (Å²) in [6, 6.07) is 11.1. The Labute approximate surface area is 85.9 Å². The van der Waals surface area contributed by atoms with E-state index in [0.717, 1.165) is 17.6 Å². The van der Waals surface area contributed by atoms with Gasteiger partial charge in [-0.05, 0) is 0 Å². The number of likely N-dealkylation sites (tertiary alicyclic amines) is 1. The highest BCUT2D eigenvalue weighted by atomic mass is 15.4. The Balaban J connectivity index is 2.04. The first-order chi connectivity index (χ1) is 6.68. The second-order valence-corrected chi connectivity index (χ2v) is 4.72. The molecule has 0 aliphatic carbocycles. The summed E-state index contributed by atoms with van der Waals surface area (Å²) < 4.78 is 1.10. The average Bonchev–Trinajstić information content (AvgIpc) is 2.47. The maximum atomic E-state index is 5.95. The zero-order chi connectivity index (χ0) is 10.0. The summed E-state index contributed by atoms with van der Waals surface area (Å²) in [6.45, 7) is 3.46. The predicted molar refractivity (Wildman–Crippen MR) is 58.7 cm³/mol. The van der Waals surface area contributed by atoms with E-state index >= 15 is 0 Å². The maximum Gasteiger partial charge on any atom is 0.104 e. The summed E-state index contributed by atoms with van der Waals surface area (Å²) in [6.07, 6.45) is 1.17. The van der Waals surface area contributed by atoms with Crippen LogP contribution in [0.25, 0.3) is 0 Å².